The van der Waals surface area contributed by atoms with Crippen molar-refractivity contribution in [3.63, 3.8) is 0 Å². The van der Waals surface area contributed by atoms with E-state index in [1.165, 1.54) is 18.3 Å². The van der Waals surface area contributed by atoms with Gasteiger partial charge in [0.15, 0.2) is 0 Å². The number of alkyl halides is 3. The highest BCUT2D eigenvalue weighted by Gasteiger charge is 2.30. The third kappa shape index (κ3) is 2.97. The zero-order chi connectivity index (χ0) is 17.5. The average Bonchev–Trinajstić information content (AvgIpc) is 2.85. The number of aromatic nitrogens is 1. The SMILES string of the molecule is Cc1ccc2c(c1)c([N+](=O)[O-])cn2Cc1ccc(C(F)(F)F)cc1. The third-order valence-electron chi connectivity index (χ3n) is 3.85. The fourth-order valence-corrected chi connectivity index (χ4v) is 2.66. The molecule has 1 aromatic heterocycles. The van der Waals surface area contributed by atoms with Gasteiger partial charge in [0.25, 0.3) is 5.69 Å². The van der Waals surface area contributed by atoms with E-state index in [4.69, 9.17) is 0 Å². The van der Waals surface area contributed by atoms with Crippen molar-refractivity contribution in [3.8, 4) is 0 Å². The molecule has 0 aliphatic heterocycles. The Bertz CT molecular complexity index is 912. The zero-order valence-electron chi connectivity index (χ0n) is 12.7. The number of nitrogens with zero attached hydrogens (tertiary/aromatic N) is 2. The molecule has 0 saturated carbocycles. The fraction of sp³-hybridized carbons (Fsp3) is 0.176. The van der Waals surface area contributed by atoms with Gasteiger partial charge in [0, 0.05) is 6.54 Å². The van der Waals surface area contributed by atoms with Crippen LogP contribution in [-0.2, 0) is 12.7 Å². The topological polar surface area (TPSA) is 48.1 Å². The molecule has 7 heteroatoms. The lowest BCUT2D eigenvalue weighted by Gasteiger charge is -2.09. The highest BCUT2D eigenvalue weighted by atomic mass is 19.4. The Morgan fingerprint density at radius 2 is 1.79 bits per heavy atom. The Morgan fingerprint density at radius 1 is 1.12 bits per heavy atom. The summed E-state index contributed by atoms with van der Waals surface area (Å²) in [5.41, 5.74) is 1.48. The molecule has 24 heavy (non-hydrogen) atoms. The molecular formula is C17H13F3N2O2. The van der Waals surface area contributed by atoms with E-state index in [-0.39, 0.29) is 12.2 Å². The van der Waals surface area contributed by atoms with E-state index in [0.717, 1.165) is 17.7 Å². The van der Waals surface area contributed by atoms with Crippen LogP contribution in [0.2, 0.25) is 0 Å². The lowest BCUT2D eigenvalue weighted by Crippen LogP contribution is -2.05. The summed E-state index contributed by atoms with van der Waals surface area (Å²) in [6.45, 7) is 2.10. The van der Waals surface area contributed by atoms with Gasteiger partial charge in [0.1, 0.15) is 0 Å². The molecule has 0 bridgehead atoms. The largest absolute Gasteiger partial charge is 0.416 e. The molecule has 2 aromatic carbocycles. The van der Waals surface area contributed by atoms with Gasteiger partial charge in [-0.3, -0.25) is 10.1 Å². The number of hydrogen-bond acceptors (Lipinski definition) is 2. The predicted molar refractivity (Wildman–Crippen MR) is 83.9 cm³/mol. The van der Waals surface area contributed by atoms with Crippen molar-refractivity contribution < 1.29 is 18.1 Å². The summed E-state index contributed by atoms with van der Waals surface area (Å²) in [4.78, 5) is 10.8. The van der Waals surface area contributed by atoms with Gasteiger partial charge in [0.05, 0.1) is 27.6 Å². The molecule has 3 rings (SSSR count). The predicted octanol–water partition coefficient (Wildman–Crippen LogP) is 4.93. The molecule has 0 spiro atoms. The monoisotopic (exact) mass is 334 g/mol. The van der Waals surface area contributed by atoms with Crippen molar-refractivity contribution in [2.45, 2.75) is 19.6 Å². The summed E-state index contributed by atoms with van der Waals surface area (Å²) in [5, 5.41) is 11.7. The summed E-state index contributed by atoms with van der Waals surface area (Å²) in [5.74, 6) is 0. The van der Waals surface area contributed by atoms with Crippen LogP contribution in [0.25, 0.3) is 10.9 Å². The van der Waals surface area contributed by atoms with Crippen molar-refractivity contribution in [1.29, 1.82) is 0 Å². The number of fused-ring (bicyclic) bond motifs is 1. The maximum Gasteiger partial charge on any atom is 0.416 e. The minimum Gasteiger partial charge on any atom is -0.337 e. The normalized spacial score (nSPS) is 11.8. The first-order valence-corrected chi connectivity index (χ1v) is 7.16. The molecule has 0 aliphatic rings. The zero-order valence-corrected chi connectivity index (χ0v) is 12.7. The second-order valence-corrected chi connectivity index (χ2v) is 5.61. The number of rotatable bonds is 3. The second-order valence-electron chi connectivity index (χ2n) is 5.61. The number of nitro groups is 1. The Kier molecular flexibility index (Phi) is 3.79. The van der Waals surface area contributed by atoms with Crippen LogP contribution in [0.1, 0.15) is 16.7 Å². The third-order valence-corrected chi connectivity index (χ3v) is 3.85. The minimum absolute atomic E-state index is 0.0133. The molecule has 4 nitrogen and oxygen atoms in total. The van der Waals surface area contributed by atoms with Crippen LogP contribution in [0.15, 0.2) is 48.7 Å². The highest BCUT2D eigenvalue weighted by Crippen LogP contribution is 2.31. The summed E-state index contributed by atoms with van der Waals surface area (Å²) in [7, 11) is 0. The number of benzene rings is 2. The Labute approximate surface area is 135 Å². The maximum absolute atomic E-state index is 12.6. The van der Waals surface area contributed by atoms with E-state index >= 15 is 0 Å². The van der Waals surface area contributed by atoms with Crippen LogP contribution in [0.5, 0.6) is 0 Å². The molecule has 124 valence electrons. The molecule has 0 radical (unpaired) electrons. The molecule has 3 aromatic rings. The molecule has 1 heterocycles. The van der Waals surface area contributed by atoms with Gasteiger partial charge in [-0.25, -0.2) is 0 Å². The van der Waals surface area contributed by atoms with Gasteiger partial charge in [-0.2, -0.15) is 13.2 Å². The lowest BCUT2D eigenvalue weighted by molar-refractivity contribution is -0.383. The van der Waals surface area contributed by atoms with E-state index < -0.39 is 16.7 Å². The molecular weight excluding hydrogens is 321 g/mol. The van der Waals surface area contributed by atoms with Crippen LogP contribution in [0.3, 0.4) is 0 Å². The summed E-state index contributed by atoms with van der Waals surface area (Å²) in [6.07, 6.45) is -2.96. The Morgan fingerprint density at radius 3 is 2.38 bits per heavy atom. The van der Waals surface area contributed by atoms with Crippen molar-refractivity contribution in [1.82, 2.24) is 4.57 Å². The molecule has 0 amide bonds. The average molecular weight is 334 g/mol. The van der Waals surface area contributed by atoms with Gasteiger partial charge in [-0.15, -0.1) is 0 Å². The van der Waals surface area contributed by atoms with Crippen LogP contribution in [-0.4, -0.2) is 9.49 Å². The van der Waals surface area contributed by atoms with E-state index in [1.54, 1.807) is 16.7 Å². The van der Waals surface area contributed by atoms with Crippen molar-refractivity contribution in [3.05, 3.63) is 75.5 Å². The van der Waals surface area contributed by atoms with E-state index in [1.807, 2.05) is 13.0 Å². The lowest BCUT2D eigenvalue weighted by atomic mass is 10.1. The number of halogens is 3. The number of hydrogen-bond donors (Lipinski definition) is 0. The van der Waals surface area contributed by atoms with Gasteiger partial charge < -0.3 is 4.57 Å². The van der Waals surface area contributed by atoms with Gasteiger partial charge >= 0.3 is 6.18 Å². The van der Waals surface area contributed by atoms with Gasteiger partial charge in [0.2, 0.25) is 0 Å². The van der Waals surface area contributed by atoms with Crippen molar-refractivity contribution >= 4 is 16.6 Å². The molecule has 0 unspecified atom stereocenters. The molecule has 0 saturated heterocycles. The summed E-state index contributed by atoms with van der Waals surface area (Å²) in [6, 6.07) is 10.1. The Balaban J connectivity index is 2.00. The van der Waals surface area contributed by atoms with Crippen LogP contribution >= 0.6 is 0 Å². The molecule has 0 fully saturated rings. The summed E-state index contributed by atoms with van der Waals surface area (Å²) < 4.78 is 39.5. The van der Waals surface area contributed by atoms with Gasteiger partial charge in [-0.05, 0) is 36.8 Å². The highest BCUT2D eigenvalue weighted by molar-refractivity contribution is 5.90. The standard InChI is InChI=1S/C17H13F3N2O2/c1-11-2-7-15-14(8-11)16(22(23)24)10-21(15)9-12-3-5-13(6-4-12)17(18,19)20/h2-8,10H,9H2,1H3. The van der Waals surface area contributed by atoms with Gasteiger partial charge in [-0.1, -0.05) is 23.8 Å². The first-order chi connectivity index (χ1) is 11.3. The Hall–Kier alpha value is -2.83. The first-order valence-electron chi connectivity index (χ1n) is 7.16. The minimum atomic E-state index is -4.38. The summed E-state index contributed by atoms with van der Waals surface area (Å²) >= 11 is 0. The van der Waals surface area contributed by atoms with E-state index in [2.05, 4.69) is 0 Å². The van der Waals surface area contributed by atoms with Crippen LogP contribution in [0, 0.1) is 17.0 Å². The van der Waals surface area contributed by atoms with Crippen molar-refractivity contribution in [2.75, 3.05) is 0 Å². The van der Waals surface area contributed by atoms with Crippen LogP contribution in [0.4, 0.5) is 18.9 Å². The van der Waals surface area contributed by atoms with Crippen LogP contribution < -0.4 is 0 Å². The molecule has 0 aliphatic carbocycles. The maximum atomic E-state index is 12.6. The van der Waals surface area contributed by atoms with E-state index in [9.17, 15) is 23.3 Å². The fourth-order valence-electron chi connectivity index (χ4n) is 2.66. The van der Waals surface area contributed by atoms with E-state index in [0.29, 0.717) is 16.5 Å². The molecule has 0 N–H and O–H groups in total. The smallest absolute Gasteiger partial charge is 0.337 e. The quantitative estimate of drug-likeness (QED) is 0.504. The first kappa shape index (κ1) is 16.0. The number of aryl methyl sites for hydroxylation is 1. The second kappa shape index (κ2) is 5.67. The molecule has 0 atom stereocenters. The van der Waals surface area contributed by atoms with Crippen molar-refractivity contribution in [2.24, 2.45) is 0 Å².